The summed E-state index contributed by atoms with van der Waals surface area (Å²) in [5.41, 5.74) is 3.89. The number of anilines is 1. The van der Waals surface area contributed by atoms with Crippen LogP contribution >= 0.6 is 0 Å². The summed E-state index contributed by atoms with van der Waals surface area (Å²) in [4.78, 5) is 4.54. The van der Waals surface area contributed by atoms with E-state index >= 15 is 0 Å². The molecular weight excluding hydrogens is 264 g/mol. The van der Waals surface area contributed by atoms with Crippen LogP contribution in [0.3, 0.4) is 0 Å². The van der Waals surface area contributed by atoms with Gasteiger partial charge in [-0.05, 0) is 31.2 Å². The van der Waals surface area contributed by atoms with Crippen LogP contribution in [-0.4, -0.2) is 14.8 Å². The summed E-state index contributed by atoms with van der Waals surface area (Å²) >= 11 is 0. The lowest BCUT2D eigenvalue weighted by Crippen LogP contribution is -2.11. The van der Waals surface area contributed by atoms with Gasteiger partial charge in [0.15, 0.2) is 11.5 Å². The lowest BCUT2D eigenvalue weighted by Gasteiger charge is -2.15. The van der Waals surface area contributed by atoms with Crippen LogP contribution in [0.4, 0.5) is 5.69 Å². The van der Waals surface area contributed by atoms with E-state index in [1.54, 1.807) is 0 Å². The molecule has 0 saturated carbocycles. The maximum atomic E-state index is 5.73. The van der Waals surface area contributed by atoms with Gasteiger partial charge in [0.1, 0.15) is 5.52 Å². The first kappa shape index (κ1) is 13.7. The second-order valence-corrected chi connectivity index (χ2v) is 5.64. The summed E-state index contributed by atoms with van der Waals surface area (Å²) in [6.45, 7) is 6.27. The minimum absolute atomic E-state index is 0.173. The van der Waals surface area contributed by atoms with Crippen LogP contribution in [0.15, 0.2) is 34.9 Å². The molecule has 21 heavy (non-hydrogen) atoms. The van der Waals surface area contributed by atoms with Crippen molar-refractivity contribution in [3.63, 3.8) is 0 Å². The third-order valence-corrected chi connectivity index (χ3v) is 3.58. The Morgan fingerprint density at radius 1 is 1.19 bits per heavy atom. The Labute approximate surface area is 124 Å². The number of fused-ring (bicyclic) bond motifs is 1. The Balaban J connectivity index is 1.86. The maximum absolute atomic E-state index is 5.73. The number of aryl methyl sites for hydroxylation is 1. The van der Waals surface area contributed by atoms with Gasteiger partial charge in [-0.1, -0.05) is 13.8 Å². The molecule has 0 fully saturated rings. The number of oxazole rings is 1. The Bertz CT molecular complexity index is 757. The SMILES string of the molecule is CC(C)c1nc2cc(NC(C)c3ccnn3C)ccc2o1. The zero-order valence-electron chi connectivity index (χ0n) is 12.8. The molecule has 1 N–H and O–H groups in total. The number of aromatic nitrogens is 3. The monoisotopic (exact) mass is 284 g/mol. The third kappa shape index (κ3) is 2.63. The van der Waals surface area contributed by atoms with Crippen LogP contribution in [0, 0.1) is 0 Å². The fourth-order valence-electron chi connectivity index (χ4n) is 2.41. The molecule has 1 unspecified atom stereocenters. The summed E-state index contributed by atoms with van der Waals surface area (Å²) < 4.78 is 7.61. The molecular formula is C16H20N4O. The van der Waals surface area contributed by atoms with E-state index in [-0.39, 0.29) is 6.04 Å². The molecule has 0 aliphatic heterocycles. The molecule has 110 valence electrons. The van der Waals surface area contributed by atoms with Crippen molar-refractivity contribution in [2.45, 2.75) is 32.7 Å². The Morgan fingerprint density at radius 3 is 2.67 bits per heavy atom. The fraction of sp³-hybridized carbons (Fsp3) is 0.375. The molecule has 0 aliphatic carbocycles. The highest BCUT2D eigenvalue weighted by molar-refractivity contribution is 5.77. The molecule has 0 bridgehead atoms. The van der Waals surface area contributed by atoms with E-state index in [1.165, 1.54) is 0 Å². The van der Waals surface area contributed by atoms with Gasteiger partial charge < -0.3 is 9.73 Å². The quantitative estimate of drug-likeness (QED) is 0.790. The van der Waals surface area contributed by atoms with Crippen molar-refractivity contribution in [1.82, 2.24) is 14.8 Å². The molecule has 3 aromatic rings. The minimum atomic E-state index is 0.173. The van der Waals surface area contributed by atoms with E-state index in [9.17, 15) is 0 Å². The molecule has 1 atom stereocenters. The van der Waals surface area contributed by atoms with E-state index < -0.39 is 0 Å². The van der Waals surface area contributed by atoms with Crippen molar-refractivity contribution in [3.05, 3.63) is 42.0 Å². The molecule has 2 aromatic heterocycles. The fourth-order valence-corrected chi connectivity index (χ4v) is 2.41. The Kier molecular flexibility index (Phi) is 3.41. The van der Waals surface area contributed by atoms with Gasteiger partial charge in [-0.2, -0.15) is 5.10 Å². The van der Waals surface area contributed by atoms with Gasteiger partial charge in [0, 0.05) is 24.8 Å². The summed E-state index contributed by atoms with van der Waals surface area (Å²) in [6, 6.07) is 8.20. The first-order valence-corrected chi connectivity index (χ1v) is 7.19. The molecule has 5 nitrogen and oxygen atoms in total. The highest BCUT2D eigenvalue weighted by Crippen LogP contribution is 2.25. The van der Waals surface area contributed by atoms with Crippen LogP contribution in [0.2, 0.25) is 0 Å². The normalized spacial score (nSPS) is 13.0. The van der Waals surface area contributed by atoms with Crippen LogP contribution in [-0.2, 0) is 7.05 Å². The summed E-state index contributed by atoms with van der Waals surface area (Å²) in [6.07, 6.45) is 1.81. The van der Waals surface area contributed by atoms with Gasteiger partial charge >= 0.3 is 0 Å². The molecule has 3 rings (SSSR count). The number of nitrogens with one attached hydrogen (secondary N) is 1. The topological polar surface area (TPSA) is 55.9 Å². The predicted molar refractivity (Wildman–Crippen MR) is 83.3 cm³/mol. The second-order valence-electron chi connectivity index (χ2n) is 5.64. The van der Waals surface area contributed by atoms with E-state index in [2.05, 4.69) is 36.2 Å². The zero-order valence-corrected chi connectivity index (χ0v) is 12.8. The molecule has 0 amide bonds. The highest BCUT2D eigenvalue weighted by Gasteiger charge is 2.12. The Hall–Kier alpha value is -2.30. The third-order valence-electron chi connectivity index (χ3n) is 3.58. The lowest BCUT2D eigenvalue weighted by molar-refractivity contribution is 0.501. The van der Waals surface area contributed by atoms with E-state index in [0.717, 1.165) is 28.4 Å². The van der Waals surface area contributed by atoms with E-state index in [0.29, 0.717) is 5.92 Å². The van der Waals surface area contributed by atoms with E-state index in [4.69, 9.17) is 4.42 Å². The lowest BCUT2D eigenvalue weighted by atomic mass is 10.2. The van der Waals surface area contributed by atoms with Gasteiger partial charge in [0.05, 0.1) is 11.7 Å². The van der Waals surface area contributed by atoms with Crippen molar-refractivity contribution >= 4 is 16.8 Å². The molecule has 0 saturated heterocycles. The predicted octanol–water partition coefficient (Wildman–Crippen LogP) is 3.86. The van der Waals surface area contributed by atoms with Crippen LogP contribution in [0.1, 0.15) is 44.3 Å². The summed E-state index contributed by atoms with van der Waals surface area (Å²) in [5, 5.41) is 7.67. The van der Waals surface area contributed by atoms with Gasteiger partial charge in [0.2, 0.25) is 0 Å². The van der Waals surface area contributed by atoms with Crippen LogP contribution < -0.4 is 5.32 Å². The summed E-state index contributed by atoms with van der Waals surface area (Å²) in [5.74, 6) is 1.07. The van der Waals surface area contributed by atoms with Crippen molar-refractivity contribution in [3.8, 4) is 0 Å². The van der Waals surface area contributed by atoms with Gasteiger partial charge in [-0.3, -0.25) is 4.68 Å². The van der Waals surface area contributed by atoms with E-state index in [1.807, 2.05) is 42.2 Å². The second kappa shape index (κ2) is 5.24. The van der Waals surface area contributed by atoms with Crippen molar-refractivity contribution in [2.75, 3.05) is 5.32 Å². The van der Waals surface area contributed by atoms with Gasteiger partial charge in [0.25, 0.3) is 0 Å². The summed E-state index contributed by atoms with van der Waals surface area (Å²) in [7, 11) is 1.95. The highest BCUT2D eigenvalue weighted by atomic mass is 16.3. The smallest absolute Gasteiger partial charge is 0.198 e. The van der Waals surface area contributed by atoms with Crippen molar-refractivity contribution < 1.29 is 4.42 Å². The molecule has 0 aliphatic rings. The largest absolute Gasteiger partial charge is 0.440 e. The van der Waals surface area contributed by atoms with Gasteiger partial charge in [-0.25, -0.2) is 4.98 Å². The number of benzene rings is 1. The average Bonchev–Trinajstić information content (AvgIpc) is 3.04. The molecule has 0 radical (unpaired) electrons. The Morgan fingerprint density at radius 2 is 2.00 bits per heavy atom. The first-order valence-electron chi connectivity index (χ1n) is 7.19. The van der Waals surface area contributed by atoms with Crippen LogP contribution in [0.5, 0.6) is 0 Å². The van der Waals surface area contributed by atoms with Gasteiger partial charge in [-0.15, -0.1) is 0 Å². The standard InChI is InChI=1S/C16H20N4O/c1-10(2)16-19-13-9-12(5-6-15(13)21-16)18-11(3)14-7-8-17-20(14)4/h5-11,18H,1-4H3. The van der Waals surface area contributed by atoms with Crippen LogP contribution in [0.25, 0.3) is 11.1 Å². The minimum Gasteiger partial charge on any atom is -0.440 e. The zero-order chi connectivity index (χ0) is 15.0. The van der Waals surface area contributed by atoms with Crippen molar-refractivity contribution in [1.29, 1.82) is 0 Å². The molecule has 0 spiro atoms. The first-order chi connectivity index (χ1) is 10.0. The molecule has 5 heteroatoms. The number of hydrogen-bond acceptors (Lipinski definition) is 4. The number of hydrogen-bond donors (Lipinski definition) is 1. The maximum Gasteiger partial charge on any atom is 0.198 e. The number of rotatable bonds is 4. The number of nitrogens with zero attached hydrogens (tertiary/aromatic N) is 3. The average molecular weight is 284 g/mol. The van der Waals surface area contributed by atoms with Crippen molar-refractivity contribution in [2.24, 2.45) is 7.05 Å². The molecule has 1 aromatic carbocycles. The molecule has 2 heterocycles.